The molecule has 0 atom stereocenters. The first-order chi connectivity index (χ1) is 10.5. The van der Waals surface area contributed by atoms with Crippen molar-refractivity contribution in [2.45, 2.75) is 11.8 Å². The minimum absolute atomic E-state index is 0.122. The van der Waals surface area contributed by atoms with Gasteiger partial charge in [-0.25, -0.2) is 8.42 Å². The molecule has 0 spiro atoms. The number of morpholine rings is 1. The standard InChI is InChI=1S/C16H19NO4S/c1-14(18)16(8-5-9-17-10-12-21-13-11-17)22(19,20)15-6-3-2-4-7-15/h2-9H,10-13H2,1H3/b9-5+,16-8+. The zero-order chi connectivity index (χ0) is 16.0. The van der Waals surface area contributed by atoms with Crippen molar-refractivity contribution in [1.29, 1.82) is 0 Å². The smallest absolute Gasteiger partial charge is 0.210 e. The quantitative estimate of drug-likeness (QED) is 0.611. The summed E-state index contributed by atoms with van der Waals surface area (Å²) in [4.78, 5) is 13.7. The summed E-state index contributed by atoms with van der Waals surface area (Å²) < 4.78 is 30.2. The highest BCUT2D eigenvalue weighted by Gasteiger charge is 2.23. The van der Waals surface area contributed by atoms with Crippen molar-refractivity contribution in [2.24, 2.45) is 0 Å². The second-order valence-corrected chi connectivity index (χ2v) is 6.81. The van der Waals surface area contributed by atoms with Crippen LogP contribution in [0.3, 0.4) is 0 Å². The molecule has 2 rings (SSSR count). The number of allylic oxidation sites excluding steroid dienone is 3. The van der Waals surface area contributed by atoms with Gasteiger partial charge in [-0.1, -0.05) is 18.2 Å². The molecule has 6 heteroatoms. The van der Waals surface area contributed by atoms with Crippen molar-refractivity contribution in [3.8, 4) is 0 Å². The summed E-state index contributed by atoms with van der Waals surface area (Å²) in [5.74, 6) is -0.476. The first kappa shape index (κ1) is 16.5. The molecule has 0 saturated carbocycles. The van der Waals surface area contributed by atoms with Gasteiger partial charge in [-0.3, -0.25) is 4.79 Å². The van der Waals surface area contributed by atoms with E-state index in [1.165, 1.54) is 25.1 Å². The van der Waals surface area contributed by atoms with Gasteiger partial charge < -0.3 is 9.64 Å². The SMILES string of the molecule is CC(=O)/C(=C\C=C\N1CCOCC1)S(=O)(=O)c1ccccc1. The Labute approximate surface area is 130 Å². The Hall–Kier alpha value is -1.92. The fourth-order valence-corrected chi connectivity index (χ4v) is 3.51. The van der Waals surface area contributed by atoms with Crippen molar-refractivity contribution in [2.75, 3.05) is 26.3 Å². The molecule has 1 aliphatic rings. The number of carbonyl (C=O) groups excluding carboxylic acids is 1. The van der Waals surface area contributed by atoms with Gasteiger partial charge in [0.1, 0.15) is 4.91 Å². The minimum Gasteiger partial charge on any atom is -0.378 e. The zero-order valence-corrected chi connectivity index (χ0v) is 13.3. The molecule has 1 fully saturated rings. The monoisotopic (exact) mass is 321 g/mol. The van der Waals surface area contributed by atoms with Crippen LogP contribution in [-0.4, -0.2) is 45.4 Å². The number of hydrogen-bond donors (Lipinski definition) is 0. The third kappa shape index (κ3) is 4.05. The van der Waals surface area contributed by atoms with E-state index in [4.69, 9.17) is 4.74 Å². The van der Waals surface area contributed by atoms with E-state index in [1.54, 1.807) is 30.5 Å². The Morgan fingerprint density at radius 2 is 1.82 bits per heavy atom. The minimum atomic E-state index is -3.79. The molecule has 0 unspecified atom stereocenters. The molecule has 0 aromatic heterocycles. The maximum absolute atomic E-state index is 12.5. The molecule has 1 aromatic carbocycles. The van der Waals surface area contributed by atoms with Crippen molar-refractivity contribution in [3.63, 3.8) is 0 Å². The Balaban J connectivity index is 2.24. The van der Waals surface area contributed by atoms with Crippen molar-refractivity contribution < 1.29 is 17.9 Å². The normalized spacial score (nSPS) is 17.0. The lowest BCUT2D eigenvalue weighted by Crippen LogP contribution is -2.31. The number of hydrogen-bond acceptors (Lipinski definition) is 5. The summed E-state index contributed by atoms with van der Waals surface area (Å²) in [6.45, 7) is 4.07. The van der Waals surface area contributed by atoms with Gasteiger partial charge in [-0.05, 0) is 37.4 Å². The van der Waals surface area contributed by atoms with Gasteiger partial charge in [0.25, 0.3) is 0 Å². The molecular weight excluding hydrogens is 302 g/mol. The highest BCUT2D eigenvalue weighted by molar-refractivity contribution is 7.96. The second kappa shape index (κ2) is 7.38. The Kier molecular flexibility index (Phi) is 5.51. The van der Waals surface area contributed by atoms with Crippen LogP contribution in [0.1, 0.15) is 6.92 Å². The van der Waals surface area contributed by atoms with Crippen LogP contribution in [0.25, 0.3) is 0 Å². The molecule has 0 radical (unpaired) electrons. The van der Waals surface area contributed by atoms with Crippen molar-refractivity contribution in [1.82, 2.24) is 4.90 Å². The molecule has 1 heterocycles. The van der Waals surface area contributed by atoms with E-state index in [-0.39, 0.29) is 9.80 Å². The number of Topliss-reactive ketones (excluding diaryl/α,β-unsaturated/α-hetero) is 1. The number of ether oxygens (including phenoxy) is 1. The lowest BCUT2D eigenvalue weighted by Gasteiger charge is -2.24. The molecule has 118 valence electrons. The maximum atomic E-state index is 12.5. The van der Waals surface area contributed by atoms with Gasteiger partial charge in [-0.15, -0.1) is 0 Å². The van der Waals surface area contributed by atoms with Crippen LogP contribution in [-0.2, 0) is 19.4 Å². The second-order valence-electron chi connectivity index (χ2n) is 4.89. The van der Waals surface area contributed by atoms with Gasteiger partial charge in [-0.2, -0.15) is 0 Å². The lowest BCUT2D eigenvalue weighted by atomic mass is 10.3. The first-order valence-corrected chi connectivity index (χ1v) is 8.51. The third-order valence-electron chi connectivity index (χ3n) is 3.28. The number of ketones is 1. The average Bonchev–Trinajstić information content (AvgIpc) is 2.53. The highest BCUT2D eigenvalue weighted by atomic mass is 32.2. The van der Waals surface area contributed by atoms with Gasteiger partial charge >= 0.3 is 0 Å². The first-order valence-electron chi connectivity index (χ1n) is 7.03. The van der Waals surface area contributed by atoms with E-state index in [9.17, 15) is 13.2 Å². The number of rotatable bonds is 5. The van der Waals surface area contributed by atoms with Crippen LogP contribution in [0, 0.1) is 0 Å². The maximum Gasteiger partial charge on any atom is 0.210 e. The van der Waals surface area contributed by atoms with E-state index in [1.807, 2.05) is 4.90 Å². The average molecular weight is 321 g/mol. The fraction of sp³-hybridized carbons (Fsp3) is 0.312. The molecule has 0 amide bonds. The topological polar surface area (TPSA) is 63.7 Å². The molecule has 0 N–H and O–H groups in total. The summed E-state index contributed by atoms with van der Waals surface area (Å²) in [6.07, 6.45) is 4.74. The summed E-state index contributed by atoms with van der Waals surface area (Å²) in [5.41, 5.74) is 0. The number of sulfone groups is 1. The van der Waals surface area contributed by atoms with Crippen LogP contribution in [0.2, 0.25) is 0 Å². The Morgan fingerprint density at radius 1 is 1.18 bits per heavy atom. The Bertz CT molecular complexity index is 671. The van der Waals surface area contributed by atoms with Gasteiger partial charge in [0, 0.05) is 13.1 Å². The van der Waals surface area contributed by atoms with E-state index in [0.717, 1.165) is 13.1 Å². The molecular formula is C16H19NO4S. The van der Waals surface area contributed by atoms with Crippen molar-refractivity contribution in [3.05, 3.63) is 53.6 Å². The van der Waals surface area contributed by atoms with Crippen LogP contribution in [0.5, 0.6) is 0 Å². The molecule has 1 saturated heterocycles. The fourth-order valence-electron chi connectivity index (χ4n) is 2.10. The predicted octanol–water partition coefficient (Wildman–Crippen LogP) is 1.78. The molecule has 1 aromatic rings. The van der Waals surface area contributed by atoms with E-state index in [2.05, 4.69) is 0 Å². The summed E-state index contributed by atoms with van der Waals surface area (Å²) in [5, 5.41) is 0. The van der Waals surface area contributed by atoms with E-state index in [0.29, 0.717) is 13.2 Å². The summed E-state index contributed by atoms with van der Waals surface area (Å²) in [7, 11) is -3.79. The van der Waals surface area contributed by atoms with Crippen LogP contribution in [0.15, 0.2) is 58.5 Å². The van der Waals surface area contributed by atoms with E-state index < -0.39 is 15.6 Å². The molecule has 1 aliphatic heterocycles. The van der Waals surface area contributed by atoms with E-state index >= 15 is 0 Å². The predicted molar refractivity (Wildman–Crippen MR) is 83.9 cm³/mol. The highest BCUT2D eigenvalue weighted by Crippen LogP contribution is 2.19. The molecule has 5 nitrogen and oxygen atoms in total. The van der Waals surface area contributed by atoms with Crippen LogP contribution < -0.4 is 0 Å². The number of carbonyl (C=O) groups is 1. The number of nitrogens with zero attached hydrogens (tertiary/aromatic N) is 1. The van der Waals surface area contributed by atoms with Crippen LogP contribution >= 0.6 is 0 Å². The van der Waals surface area contributed by atoms with Gasteiger partial charge in [0.15, 0.2) is 5.78 Å². The van der Waals surface area contributed by atoms with Gasteiger partial charge in [0.2, 0.25) is 9.84 Å². The Morgan fingerprint density at radius 3 is 2.41 bits per heavy atom. The summed E-state index contributed by atoms with van der Waals surface area (Å²) >= 11 is 0. The molecule has 0 bridgehead atoms. The zero-order valence-electron chi connectivity index (χ0n) is 12.4. The largest absolute Gasteiger partial charge is 0.378 e. The van der Waals surface area contributed by atoms with Crippen molar-refractivity contribution >= 4 is 15.6 Å². The van der Waals surface area contributed by atoms with Gasteiger partial charge in [0.05, 0.1) is 18.1 Å². The summed E-state index contributed by atoms with van der Waals surface area (Å²) in [6, 6.07) is 7.96. The molecule has 22 heavy (non-hydrogen) atoms. The third-order valence-corrected chi connectivity index (χ3v) is 5.18. The lowest BCUT2D eigenvalue weighted by molar-refractivity contribution is -0.113. The van der Waals surface area contributed by atoms with Crippen LogP contribution in [0.4, 0.5) is 0 Å². The number of benzene rings is 1. The molecule has 0 aliphatic carbocycles.